The van der Waals surface area contributed by atoms with Crippen molar-refractivity contribution < 1.29 is 17.9 Å². The summed E-state index contributed by atoms with van der Waals surface area (Å²) < 4.78 is 42.9. The molecule has 106 valence electrons. The average Bonchev–Trinajstić information content (AvgIpc) is 2.36. The van der Waals surface area contributed by atoms with Crippen LogP contribution in [0.2, 0.25) is 5.02 Å². The van der Waals surface area contributed by atoms with Gasteiger partial charge in [-0.2, -0.15) is 18.3 Å². The second kappa shape index (κ2) is 5.94. The maximum absolute atomic E-state index is 12.5. The van der Waals surface area contributed by atoms with Crippen LogP contribution in [0.4, 0.5) is 13.2 Å². The first-order valence-electron chi connectivity index (χ1n) is 6.13. The van der Waals surface area contributed by atoms with E-state index in [1.54, 1.807) is 0 Å². The Hall–Kier alpha value is -1.04. The van der Waals surface area contributed by atoms with E-state index in [9.17, 15) is 13.2 Å². The Kier molecular flexibility index (Phi) is 4.50. The van der Waals surface area contributed by atoms with Gasteiger partial charge >= 0.3 is 6.18 Å². The van der Waals surface area contributed by atoms with Gasteiger partial charge in [-0.05, 0) is 31.6 Å². The molecule has 3 nitrogen and oxygen atoms in total. The maximum atomic E-state index is 12.5. The minimum absolute atomic E-state index is 0.138. The van der Waals surface area contributed by atoms with E-state index in [4.69, 9.17) is 16.3 Å². The molecule has 19 heavy (non-hydrogen) atoms. The van der Waals surface area contributed by atoms with E-state index >= 15 is 0 Å². The van der Waals surface area contributed by atoms with Gasteiger partial charge in [0.05, 0.1) is 23.7 Å². The predicted molar refractivity (Wildman–Crippen MR) is 64.0 cm³/mol. The monoisotopic (exact) mass is 294 g/mol. The molecule has 0 unspecified atom stereocenters. The summed E-state index contributed by atoms with van der Waals surface area (Å²) in [6.45, 7) is 0.361. The lowest BCUT2D eigenvalue weighted by atomic mass is 9.82. The van der Waals surface area contributed by atoms with Gasteiger partial charge < -0.3 is 4.74 Å². The largest absolute Gasteiger partial charge is 0.476 e. The first-order chi connectivity index (χ1) is 8.95. The van der Waals surface area contributed by atoms with E-state index in [1.807, 2.05) is 0 Å². The van der Waals surface area contributed by atoms with Crippen LogP contribution < -0.4 is 4.74 Å². The molecule has 0 spiro atoms. The highest BCUT2D eigenvalue weighted by atomic mass is 35.5. The average molecular weight is 295 g/mol. The summed E-state index contributed by atoms with van der Waals surface area (Å²) in [5.41, 5.74) is 0. The van der Waals surface area contributed by atoms with E-state index in [0.717, 1.165) is 0 Å². The van der Waals surface area contributed by atoms with Gasteiger partial charge in [0.1, 0.15) is 0 Å². The van der Waals surface area contributed by atoms with Crippen molar-refractivity contribution in [2.24, 2.45) is 11.8 Å². The van der Waals surface area contributed by atoms with E-state index in [0.29, 0.717) is 30.4 Å². The van der Waals surface area contributed by atoms with Crippen molar-refractivity contribution >= 4 is 11.6 Å². The third-order valence-electron chi connectivity index (χ3n) is 3.38. The van der Waals surface area contributed by atoms with Crippen molar-refractivity contribution in [2.75, 3.05) is 6.61 Å². The highest BCUT2D eigenvalue weighted by Gasteiger charge is 2.41. The van der Waals surface area contributed by atoms with Crippen LogP contribution >= 0.6 is 11.6 Å². The van der Waals surface area contributed by atoms with Crippen molar-refractivity contribution in [1.29, 1.82) is 0 Å². The molecule has 0 N–H and O–H groups in total. The smallest absolute Gasteiger partial charge is 0.391 e. The summed E-state index contributed by atoms with van der Waals surface area (Å²) in [5.74, 6) is -0.709. The SMILES string of the molecule is FC(F)(F)C1CCC(COc2cc(Cl)cnn2)CC1. The number of halogens is 4. The summed E-state index contributed by atoms with van der Waals surface area (Å²) in [4.78, 5) is 0. The van der Waals surface area contributed by atoms with E-state index in [2.05, 4.69) is 10.2 Å². The topological polar surface area (TPSA) is 35.0 Å². The zero-order valence-corrected chi connectivity index (χ0v) is 10.9. The van der Waals surface area contributed by atoms with E-state index < -0.39 is 12.1 Å². The van der Waals surface area contributed by atoms with Crippen molar-refractivity contribution in [1.82, 2.24) is 10.2 Å². The Morgan fingerprint density at radius 1 is 1.26 bits per heavy atom. The van der Waals surface area contributed by atoms with Gasteiger partial charge in [0.2, 0.25) is 5.88 Å². The van der Waals surface area contributed by atoms with Crippen LogP contribution in [0, 0.1) is 11.8 Å². The molecule has 0 aromatic carbocycles. The van der Waals surface area contributed by atoms with Crippen LogP contribution in [0.5, 0.6) is 5.88 Å². The molecule has 1 aromatic heterocycles. The molecule has 1 aliphatic rings. The maximum Gasteiger partial charge on any atom is 0.391 e. The molecular formula is C12H14ClF3N2O. The predicted octanol–water partition coefficient (Wildman–Crippen LogP) is 3.88. The van der Waals surface area contributed by atoms with Gasteiger partial charge in [0.15, 0.2) is 0 Å². The van der Waals surface area contributed by atoms with Crippen LogP contribution in [0.3, 0.4) is 0 Å². The number of hydrogen-bond donors (Lipinski definition) is 0. The summed E-state index contributed by atoms with van der Waals surface area (Å²) in [7, 11) is 0. The van der Waals surface area contributed by atoms with Crippen LogP contribution in [-0.4, -0.2) is 23.0 Å². The minimum atomic E-state index is -4.07. The second-order valence-electron chi connectivity index (χ2n) is 4.78. The van der Waals surface area contributed by atoms with Gasteiger partial charge in [-0.15, -0.1) is 5.10 Å². The van der Waals surface area contributed by atoms with Crippen LogP contribution in [0.1, 0.15) is 25.7 Å². The quantitative estimate of drug-likeness (QED) is 0.848. The highest BCUT2D eigenvalue weighted by Crippen LogP contribution is 2.39. The fourth-order valence-corrected chi connectivity index (χ4v) is 2.39. The molecule has 0 radical (unpaired) electrons. The molecular weight excluding hydrogens is 281 g/mol. The number of nitrogens with zero attached hydrogens (tertiary/aromatic N) is 2. The molecule has 0 aliphatic heterocycles. The van der Waals surface area contributed by atoms with Crippen LogP contribution in [0.25, 0.3) is 0 Å². The Morgan fingerprint density at radius 2 is 1.95 bits per heavy atom. The molecule has 1 aromatic rings. The molecule has 0 bridgehead atoms. The number of rotatable bonds is 3. The summed E-state index contributed by atoms with van der Waals surface area (Å²) in [6.07, 6.45) is -1.26. The number of hydrogen-bond acceptors (Lipinski definition) is 3. The van der Waals surface area contributed by atoms with Crippen molar-refractivity contribution in [3.8, 4) is 5.88 Å². The molecule has 1 saturated carbocycles. The lowest BCUT2D eigenvalue weighted by molar-refractivity contribution is -0.184. The van der Waals surface area contributed by atoms with Crippen molar-refractivity contribution in [3.05, 3.63) is 17.3 Å². The Labute approximate surface area is 114 Å². The molecule has 1 aliphatic carbocycles. The molecule has 1 heterocycles. The van der Waals surface area contributed by atoms with Crippen LogP contribution in [0.15, 0.2) is 12.3 Å². The number of alkyl halides is 3. The Morgan fingerprint density at radius 3 is 2.53 bits per heavy atom. The highest BCUT2D eigenvalue weighted by molar-refractivity contribution is 6.30. The molecule has 2 rings (SSSR count). The second-order valence-corrected chi connectivity index (χ2v) is 5.22. The minimum Gasteiger partial charge on any atom is -0.476 e. The Bertz CT molecular complexity index is 420. The molecule has 0 saturated heterocycles. The third kappa shape index (κ3) is 4.23. The standard InChI is InChI=1S/C12H14ClF3N2O/c13-10-5-11(18-17-6-10)19-7-8-1-3-9(4-2-8)12(14,15)16/h5-6,8-9H,1-4,7H2. The zero-order chi connectivity index (χ0) is 13.9. The van der Waals surface area contributed by atoms with Gasteiger partial charge in [0.25, 0.3) is 0 Å². The molecule has 7 heteroatoms. The summed E-state index contributed by atoms with van der Waals surface area (Å²) >= 11 is 5.73. The Balaban J connectivity index is 1.77. The van der Waals surface area contributed by atoms with Crippen molar-refractivity contribution in [3.63, 3.8) is 0 Å². The lowest BCUT2D eigenvalue weighted by Crippen LogP contribution is -2.29. The number of ether oxygens (including phenoxy) is 1. The molecule has 0 atom stereocenters. The fourth-order valence-electron chi connectivity index (χ4n) is 2.26. The molecule has 0 amide bonds. The van der Waals surface area contributed by atoms with Crippen molar-refractivity contribution in [2.45, 2.75) is 31.9 Å². The zero-order valence-electron chi connectivity index (χ0n) is 10.2. The normalized spacial score (nSPS) is 24.2. The summed E-state index contributed by atoms with van der Waals surface area (Å²) in [6, 6.07) is 1.54. The van der Waals surface area contributed by atoms with Gasteiger partial charge in [-0.1, -0.05) is 11.6 Å². The fraction of sp³-hybridized carbons (Fsp3) is 0.667. The lowest BCUT2D eigenvalue weighted by Gasteiger charge is -2.29. The van der Waals surface area contributed by atoms with Crippen LogP contribution in [-0.2, 0) is 0 Å². The van der Waals surface area contributed by atoms with Gasteiger partial charge in [0, 0.05) is 6.07 Å². The van der Waals surface area contributed by atoms with E-state index in [1.165, 1.54) is 12.3 Å². The number of aromatic nitrogens is 2. The van der Waals surface area contributed by atoms with Gasteiger partial charge in [-0.3, -0.25) is 0 Å². The molecule has 1 fully saturated rings. The van der Waals surface area contributed by atoms with E-state index in [-0.39, 0.29) is 18.8 Å². The first-order valence-corrected chi connectivity index (χ1v) is 6.50. The first kappa shape index (κ1) is 14.4. The summed E-state index contributed by atoms with van der Waals surface area (Å²) in [5, 5.41) is 7.80. The third-order valence-corrected chi connectivity index (χ3v) is 3.58. The van der Waals surface area contributed by atoms with Gasteiger partial charge in [-0.25, -0.2) is 0 Å².